The molecule has 0 unspecified atom stereocenters. The quantitative estimate of drug-likeness (QED) is 0.0172. The molecular formula is C77H69N7O15S2. The second-order valence-corrected chi connectivity index (χ2v) is 29.8. The van der Waals surface area contributed by atoms with Crippen LogP contribution in [0.25, 0.3) is 12.2 Å². The van der Waals surface area contributed by atoms with Crippen molar-refractivity contribution in [3.63, 3.8) is 0 Å². The summed E-state index contributed by atoms with van der Waals surface area (Å²) in [6, 6.07) is 69.6. The number of aromatic nitrogens is 2. The minimum atomic E-state index is -4.45. The van der Waals surface area contributed by atoms with Crippen molar-refractivity contribution >= 4 is 67.8 Å². The summed E-state index contributed by atoms with van der Waals surface area (Å²) >= 11 is 0. The average molecular weight is 1400 g/mol. The van der Waals surface area contributed by atoms with Crippen LogP contribution in [-0.2, 0) is 76.5 Å². The first-order chi connectivity index (χ1) is 48.6. The first-order valence-electron chi connectivity index (χ1n) is 32.1. The maximum Gasteiger partial charge on any atom is 0.404 e. The molecule has 6 atom stereocenters. The van der Waals surface area contributed by atoms with Gasteiger partial charge in [-0.2, -0.15) is 0 Å². The smallest absolute Gasteiger partial charge is 0.404 e. The minimum Gasteiger partial charge on any atom is -0.451 e. The third-order valence-corrected chi connectivity index (χ3v) is 24.0. The molecular weight excluding hydrogens is 1330 g/mol. The van der Waals surface area contributed by atoms with Gasteiger partial charge in [0.15, 0.2) is 54.7 Å². The van der Waals surface area contributed by atoms with E-state index in [9.17, 15) is 50.7 Å². The number of sulfone groups is 2. The monoisotopic (exact) mass is 1400 g/mol. The van der Waals surface area contributed by atoms with Gasteiger partial charge in [-0.25, -0.2) is 36.0 Å². The fourth-order valence-electron chi connectivity index (χ4n) is 13.5. The van der Waals surface area contributed by atoms with Gasteiger partial charge in [-0.3, -0.25) is 24.9 Å². The van der Waals surface area contributed by atoms with Gasteiger partial charge in [0.2, 0.25) is 0 Å². The number of nitrogens with one attached hydrogen (secondary N) is 1. The van der Waals surface area contributed by atoms with Crippen LogP contribution in [0.15, 0.2) is 260 Å². The number of β-lactam (4-membered cyclic amide) rings is 2. The predicted octanol–water partition coefficient (Wildman–Crippen LogP) is 8.81. The lowest BCUT2D eigenvalue weighted by Crippen LogP contribution is -2.60. The number of benzene rings is 7. The van der Waals surface area contributed by atoms with E-state index in [1.54, 1.807) is 128 Å². The average Bonchev–Trinajstić information content (AvgIpc) is 1.53. The first kappa shape index (κ1) is 69.5. The van der Waals surface area contributed by atoms with Crippen molar-refractivity contribution in [2.24, 2.45) is 11.5 Å². The Morgan fingerprint density at radius 2 is 0.812 bits per heavy atom. The molecule has 514 valence electrons. The zero-order valence-electron chi connectivity index (χ0n) is 54.5. The van der Waals surface area contributed by atoms with E-state index in [2.05, 4.69) is 51.7 Å². The number of carbonyl (C=O) groups is 6. The van der Waals surface area contributed by atoms with Gasteiger partial charge in [0, 0.05) is 18.9 Å². The summed E-state index contributed by atoms with van der Waals surface area (Å²) in [5, 5.41) is 10.2. The van der Waals surface area contributed by atoms with Crippen LogP contribution in [0, 0.1) is 0 Å². The number of esters is 2. The highest BCUT2D eigenvalue weighted by molar-refractivity contribution is 7.94. The molecule has 0 spiro atoms. The number of hydrogen-bond donors (Lipinski definition) is 4. The maximum atomic E-state index is 14.6. The van der Waals surface area contributed by atoms with Gasteiger partial charge in [-0.1, -0.05) is 212 Å². The normalized spacial score (nSPS) is 21.5. The molecule has 4 fully saturated rings. The molecule has 0 bridgehead atoms. The number of nitrogens with two attached hydrogens (primary N) is 2. The molecule has 6 N–H and O–H groups in total. The highest BCUT2D eigenvalue weighted by atomic mass is 32.2. The topological polar surface area (TPSA) is 324 Å². The summed E-state index contributed by atoms with van der Waals surface area (Å²) < 4.78 is 74.9. The molecule has 4 amide bonds. The zero-order valence-corrected chi connectivity index (χ0v) is 56.2. The van der Waals surface area contributed by atoms with Crippen LogP contribution in [0.1, 0.15) is 87.5 Å². The lowest BCUT2D eigenvalue weighted by molar-refractivity contribution is -0.161. The number of aliphatic hydroxyl groups excluding tert-OH is 1. The Bertz CT molecular complexity index is 4700. The number of amides is 4. The van der Waals surface area contributed by atoms with Gasteiger partial charge in [0.05, 0.1) is 34.7 Å². The van der Waals surface area contributed by atoms with Gasteiger partial charge in [-0.05, 0) is 100 Å². The highest BCUT2D eigenvalue weighted by Gasteiger charge is 2.74. The Morgan fingerprint density at radius 1 is 0.505 bits per heavy atom. The molecule has 0 radical (unpaired) electrons. The molecule has 4 aliphatic rings. The summed E-state index contributed by atoms with van der Waals surface area (Å²) in [6.45, 7) is 1.01. The summed E-state index contributed by atoms with van der Waals surface area (Å²) in [5.41, 5.74) is 17.0. The van der Waals surface area contributed by atoms with E-state index < -0.39 is 119 Å². The van der Waals surface area contributed by atoms with Crippen molar-refractivity contribution in [1.29, 1.82) is 0 Å². The van der Waals surface area contributed by atoms with Gasteiger partial charge in [0.1, 0.15) is 22.7 Å². The van der Waals surface area contributed by atoms with E-state index in [0.717, 1.165) is 32.1 Å². The van der Waals surface area contributed by atoms with Crippen LogP contribution in [0.4, 0.5) is 9.59 Å². The van der Waals surface area contributed by atoms with E-state index in [-0.39, 0.29) is 23.4 Å². The van der Waals surface area contributed by atoms with Gasteiger partial charge >= 0.3 is 24.1 Å². The van der Waals surface area contributed by atoms with Crippen molar-refractivity contribution in [2.75, 3.05) is 13.2 Å². The third kappa shape index (κ3) is 13.2. The third-order valence-electron chi connectivity index (χ3n) is 18.6. The van der Waals surface area contributed by atoms with Crippen LogP contribution < -0.4 is 16.8 Å². The summed E-state index contributed by atoms with van der Waals surface area (Å²) in [7, 11) is -8.83. The molecule has 24 heteroatoms. The van der Waals surface area contributed by atoms with Crippen LogP contribution in [0.5, 0.6) is 0 Å². The van der Waals surface area contributed by atoms with E-state index in [0.29, 0.717) is 40.1 Å². The number of aliphatic hydroxyl groups is 1. The second kappa shape index (κ2) is 28.8. The van der Waals surface area contributed by atoms with Crippen LogP contribution in [0.3, 0.4) is 0 Å². The van der Waals surface area contributed by atoms with E-state index in [1.807, 2.05) is 72.8 Å². The molecule has 0 aliphatic carbocycles. The molecule has 4 aliphatic heterocycles. The highest BCUT2D eigenvalue weighted by Crippen LogP contribution is 2.52. The number of primary amides is 2. The van der Waals surface area contributed by atoms with Crippen molar-refractivity contribution in [3.8, 4) is 0 Å². The predicted molar refractivity (Wildman–Crippen MR) is 373 cm³/mol. The Balaban J connectivity index is 0.000000205. The Kier molecular flexibility index (Phi) is 19.8. The number of pyridine rings is 2. The van der Waals surface area contributed by atoms with Crippen molar-refractivity contribution in [1.82, 2.24) is 25.1 Å². The summed E-state index contributed by atoms with van der Waals surface area (Å²) in [5.74, 6) is -3.37. The van der Waals surface area contributed by atoms with Gasteiger partial charge in [0.25, 0.3) is 11.8 Å². The standard InChI is InChI=1S/C48H42N4O7S.C29H27N3O8S/c1-47(32-58-46(49)55)42(45(54)59-41(34-17-7-2-8-18-34)35-19-9-3-10-20-35)52-43(53)40(44(52)60(47,56)57)30-39-29-33(27-28-50-39)31-51-48(36-21-11-4-12-22-36,37-23-13-5-14-24-37)38-25-15-6-16-26-38;1-29(17-39-28(30)36)24(27(35)40-23(19-8-4-2-5-9-19)20-10-6-3-7-11-20)32-25(34)22(26(32)41(29,37)38)15-21-14-18(16-33)12-13-31-21/h2-30,41-42,44,51H,31-32H2,1H3,(H2,49,55);2-15,23-24,26,33H,16-17H2,1H3,(H2,30,36)/b40-30-;22-15-/t42-,44+,47-;24-,26+,29-/m00/s1. The lowest BCUT2D eigenvalue weighted by atomic mass is 9.77. The van der Waals surface area contributed by atoms with Crippen molar-refractivity contribution < 1.29 is 69.7 Å². The molecule has 9 aromatic rings. The lowest BCUT2D eigenvalue weighted by Gasteiger charge is -2.39. The van der Waals surface area contributed by atoms with E-state index >= 15 is 0 Å². The van der Waals surface area contributed by atoms with Crippen LogP contribution in [-0.4, -0.2) is 123 Å². The molecule has 0 saturated carbocycles. The Morgan fingerprint density at radius 3 is 1.13 bits per heavy atom. The van der Waals surface area contributed by atoms with Gasteiger partial charge in [-0.15, -0.1) is 0 Å². The number of hydrogen-bond acceptors (Lipinski definition) is 18. The number of carbonyl (C=O) groups excluding carboxylic acids is 6. The van der Waals surface area contributed by atoms with Crippen molar-refractivity contribution in [2.45, 2.75) is 77.1 Å². The second-order valence-electron chi connectivity index (χ2n) is 24.9. The summed E-state index contributed by atoms with van der Waals surface area (Å²) in [4.78, 5) is 89.8. The van der Waals surface area contributed by atoms with Gasteiger partial charge < -0.3 is 45.3 Å². The van der Waals surface area contributed by atoms with E-state index in [4.69, 9.17) is 30.4 Å². The Hall–Kier alpha value is -11.4. The molecule has 7 aromatic carbocycles. The SMILES string of the molecule is C[C@]1(COC(N)=O)[C@H](C(=O)OC(c2ccccc2)c2ccccc2)N2C(=O)/C(=C/c3cc(CNC(c4ccccc4)(c4ccccc4)c4ccccc4)ccn3)[C@H]2S1(=O)=O.C[C@]1(COC(N)=O)[C@H](C(=O)OC(c2ccccc2)c2ccccc2)N2C(=O)/C(=C/c3cc(CO)ccn3)[C@H]2S1(=O)=O. The first-order valence-corrected chi connectivity index (χ1v) is 35.1. The molecule has 101 heavy (non-hydrogen) atoms. The molecule has 22 nitrogen and oxygen atoms in total. The van der Waals surface area contributed by atoms with E-state index in [1.165, 1.54) is 38.3 Å². The zero-order chi connectivity index (χ0) is 71.3. The summed E-state index contributed by atoms with van der Waals surface area (Å²) in [6.07, 6.45) is 1.45. The molecule has 2 aromatic heterocycles. The fraction of sp³-hybridized carbons (Fsp3) is 0.195. The number of fused-ring (bicyclic) bond motifs is 2. The number of rotatable bonds is 21. The maximum absolute atomic E-state index is 14.6. The number of ether oxygens (including phenoxy) is 4. The van der Waals surface area contributed by atoms with Crippen LogP contribution >= 0.6 is 0 Å². The largest absolute Gasteiger partial charge is 0.451 e. The van der Waals surface area contributed by atoms with Crippen LogP contribution in [0.2, 0.25) is 0 Å². The molecule has 6 heterocycles. The minimum absolute atomic E-state index is 0.0805. The van der Waals surface area contributed by atoms with Crippen molar-refractivity contribution in [3.05, 3.63) is 322 Å². The fourth-order valence-corrected chi connectivity index (χ4v) is 18.0. The Labute approximate surface area is 582 Å². The molecule has 13 rings (SSSR count). The molecule has 4 saturated heterocycles. The number of nitrogens with zero attached hydrogens (tertiary/aromatic N) is 4.